The molecule has 2 N–H and O–H groups in total. The molecule has 100 valence electrons. The van der Waals surface area contributed by atoms with Crippen LogP contribution in [0.15, 0.2) is 18.2 Å². The lowest BCUT2D eigenvalue weighted by atomic mass is 10.2. The monoisotopic (exact) mass is 254 g/mol. The highest BCUT2D eigenvalue weighted by atomic mass is 19.1. The van der Waals surface area contributed by atoms with Gasteiger partial charge in [0.1, 0.15) is 5.82 Å². The summed E-state index contributed by atoms with van der Waals surface area (Å²) in [4.78, 5) is 11.5. The molecular weight excluding hydrogens is 235 g/mol. The maximum atomic E-state index is 13.0. The molecule has 2 amide bonds. The number of halogens is 1. The number of hydrogen-bond donors (Lipinski definition) is 2. The van der Waals surface area contributed by atoms with Crippen molar-refractivity contribution in [3.63, 3.8) is 0 Å². The highest BCUT2D eigenvalue weighted by Gasteiger charge is 2.04. The van der Waals surface area contributed by atoms with Crippen molar-refractivity contribution in [2.45, 2.75) is 20.3 Å². The van der Waals surface area contributed by atoms with Crippen LogP contribution in [0.25, 0.3) is 0 Å². The number of aryl methyl sites for hydroxylation is 1. The van der Waals surface area contributed by atoms with Crippen LogP contribution >= 0.6 is 0 Å². The molecule has 0 spiro atoms. The number of rotatable bonds is 6. The summed E-state index contributed by atoms with van der Waals surface area (Å²) in [6, 6.07) is 3.95. The number of anilines is 1. The van der Waals surface area contributed by atoms with Crippen LogP contribution in [0.5, 0.6) is 0 Å². The molecule has 0 unspecified atom stereocenters. The van der Waals surface area contributed by atoms with E-state index < -0.39 is 0 Å². The number of ether oxygens (including phenoxy) is 1. The first kappa shape index (κ1) is 14.4. The van der Waals surface area contributed by atoms with E-state index in [1.54, 1.807) is 6.07 Å². The first-order chi connectivity index (χ1) is 8.63. The van der Waals surface area contributed by atoms with E-state index in [1.807, 2.05) is 13.8 Å². The maximum absolute atomic E-state index is 13.0. The van der Waals surface area contributed by atoms with Gasteiger partial charge >= 0.3 is 6.03 Å². The topological polar surface area (TPSA) is 50.4 Å². The SMILES string of the molecule is CCOCCCNC(=O)Nc1cc(F)ccc1C. The molecule has 0 heterocycles. The number of hydrogen-bond acceptors (Lipinski definition) is 2. The Hall–Kier alpha value is -1.62. The molecule has 1 aromatic rings. The van der Waals surface area contributed by atoms with E-state index in [0.29, 0.717) is 25.4 Å². The van der Waals surface area contributed by atoms with Crippen LogP contribution in [0.1, 0.15) is 18.9 Å². The van der Waals surface area contributed by atoms with Gasteiger partial charge in [0.15, 0.2) is 0 Å². The fourth-order valence-electron chi connectivity index (χ4n) is 1.42. The molecule has 0 aliphatic carbocycles. The molecule has 0 aromatic heterocycles. The maximum Gasteiger partial charge on any atom is 0.319 e. The largest absolute Gasteiger partial charge is 0.382 e. The lowest BCUT2D eigenvalue weighted by Crippen LogP contribution is -2.30. The predicted octanol–water partition coefficient (Wildman–Crippen LogP) is 2.68. The van der Waals surface area contributed by atoms with Crippen molar-refractivity contribution in [2.24, 2.45) is 0 Å². The zero-order valence-electron chi connectivity index (χ0n) is 10.8. The number of urea groups is 1. The predicted molar refractivity (Wildman–Crippen MR) is 69.3 cm³/mol. The summed E-state index contributed by atoms with van der Waals surface area (Å²) >= 11 is 0. The Morgan fingerprint density at radius 2 is 2.22 bits per heavy atom. The number of amides is 2. The van der Waals surface area contributed by atoms with E-state index in [9.17, 15) is 9.18 Å². The minimum absolute atomic E-state index is 0.333. The summed E-state index contributed by atoms with van der Waals surface area (Å²) in [5.74, 6) is -0.368. The zero-order chi connectivity index (χ0) is 13.4. The van der Waals surface area contributed by atoms with Crippen LogP contribution in [0, 0.1) is 12.7 Å². The molecule has 1 rings (SSSR count). The van der Waals surface area contributed by atoms with Crippen molar-refractivity contribution in [1.82, 2.24) is 5.32 Å². The third-order valence-corrected chi connectivity index (χ3v) is 2.40. The Bertz CT molecular complexity index is 397. The van der Waals surface area contributed by atoms with Crippen molar-refractivity contribution in [3.05, 3.63) is 29.6 Å². The number of carbonyl (C=O) groups is 1. The first-order valence-corrected chi connectivity index (χ1v) is 6.02. The number of carbonyl (C=O) groups excluding carboxylic acids is 1. The molecule has 0 radical (unpaired) electrons. The quantitative estimate of drug-likeness (QED) is 0.767. The third-order valence-electron chi connectivity index (χ3n) is 2.40. The van der Waals surface area contributed by atoms with Gasteiger partial charge in [-0.25, -0.2) is 9.18 Å². The van der Waals surface area contributed by atoms with Crippen molar-refractivity contribution in [1.29, 1.82) is 0 Å². The van der Waals surface area contributed by atoms with E-state index in [4.69, 9.17) is 4.74 Å². The average Bonchev–Trinajstić information content (AvgIpc) is 2.33. The Morgan fingerprint density at radius 1 is 1.44 bits per heavy atom. The average molecular weight is 254 g/mol. The summed E-state index contributed by atoms with van der Waals surface area (Å²) < 4.78 is 18.1. The van der Waals surface area contributed by atoms with Gasteiger partial charge in [-0.1, -0.05) is 6.07 Å². The van der Waals surface area contributed by atoms with E-state index in [2.05, 4.69) is 10.6 Å². The van der Waals surface area contributed by atoms with Crippen LogP contribution in [0.2, 0.25) is 0 Å². The molecule has 0 aliphatic heterocycles. The second-order valence-electron chi connectivity index (χ2n) is 3.89. The normalized spacial score (nSPS) is 10.2. The van der Waals surface area contributed by atoms with E-state index in [-0.39, 0.29) is 11.8 Å². The fourth-order valence-corrected chi connectivity index (χ4v) is 1.42. The van der Waals surface area contributed by atoms with E-state index in [0.717, 1.165) is 12.0 Å². The van der Waals surface area contributed by atoms with Gasteiger partial charge in [0, 0.05) is 25.4 Å². The highest BCUT2D eigenvalue weighted by molar-refractivity contribution is 5.89. The van der Waals surface area contributed by atoms with Crippen LogP contribution in [-0.4, -0.2) is 25.8 Å². The van der Waals surface area contributed by atoms with Crippen LogP contribution in [-0.2, 0) is 4.74 Å². The van der Waals surface area contributed by atoms with Gasteiger partial charge in [-0.15, -0.1) is 0 Å². The molecular formula is C13H19FN2O2. The van der Waals surface area contributed by atoms with Crippen molar-refractivity contribution in [2.75, 3.05) is 25.1 Å². The number of nitrogens with one attached hydrogen (secondary N) is 2. The van der Waals surface area contributed by atoms with Gasteiger partial charge in [-0.05, 0) is 38.0 Å². The fraction of sp³-hybridized carbons (Fsp3) is 0.462. The van der Waals surface area contributed by atoms with Gasteiger partial charge in [0.2, 0.25) is 0 Å². The van der Waals surface area contributed by atoms with Crippen molar-refractivity contribution in [3.8, 4) is 0 Å². The smallest absolute Gasteiger partial charge is 0.319 e. The summed E-state index contributed by atoms with van der Waals surface area (Å²) in [5.41, 5.74) is 1.30. The van der Waals surface area contributed by atoms with E-state index in [1.165, 1.54) is 12.1 Å². The molecule has 0 bridgehead atoms. The third kappa shape index (κ3) is 5.14. The minimum Gasteiger partial charge on any atom is -0.382 e. The Kier molecular flexibility index (Phi) is 6.14. The standard InChI is InChI=1S/C13H19FN2O2/c1-3-18-8-4-7-15-13(17)16-12-9-11(14)6-5-10(12)2/h5-6,9H,3-4,7-8H2,1-2H3,(H2,15,16,17). The summed E-state index contributed by atoms with van der Waals surface area (Å²) in [6.45, 7) is 5.56. The molecule has 18 heavy (non-hydrogen) atoms. The molecule has 5 heteroatoms. The zero-order valence-corrected chi connectivity index (χ0v) is 10.8. The van der Waals surface area contributed by atoms with Crippen molar-refractivity contribution >= 4 is 11.7 Å². The van der Waals surface area contributed by atoms with Crippen molar-refractivity contribution < 1.29 is 13.9 Å². The minimum atomic E-state index is -0.368. The molecule has 0 saturated carbocycles. The molecule has 0 saturated heterocycles. The molecule has 4 nitrogen and oxygen atoms in total. The van der Waals surface area contributed by atoms with Gasteiger partial charge in [0.05, 0.1) is 0 Å². The van der Waals surface area contributed by atoms with Gasteiger partial charge in [-0.3, -0.25) is 0 Å². The van der Waals surface area contributed by atoms with E-state index >= 15 is 0 Å². The second kappa shape index (κ2) is 7.66. The number of benzene rings is 1. The van der Waals surface area contributed by atoms with Gasteiger partial charge < -0.3 is 15.4 Å². The van der Waals surface area contributed by atoms with Gasteiger partial charge in [0.25, 0.3) is 0 Å². The molecule has 1 aromatic carbocycles. The summed E-state index contributed by atoms with van der Waals surface area (Å²) in [5, 5.41) is 5.30. The summed E-state index contributed by atoms with van der Waals surface area (Å²) in [7, 11) is 0. The summed E-state index contributed by atoms with van der Waals surface area (Å²) in [6.07, 6.45) is 0.753. The second-order valence-corrected chi connectivity index (χ2v) is 3.89. The lowest BCUT2D eigenvalue weighted by molar-refractivity contribution is 0.145. The Labute approximate surface area is 107 Å². The lowest BCUT2D eigenvalue weighted by Gasteiger charge is -2.09. The molecule has 0 fully saturated rings. The first-order valence-electron chi connectivity index (χ1n) is 6.02. The van der Waals surface area contributed by atoms with Crippen LogP contribution in [0.4, 0.5) is 14.9 Å². The molecule has 0 aliphatic rings. The Morgan fingerprint density at radius 3 is 2.94 bits per heavy atom. The van der Waals surface area contributed by atoms with Crippen LogP contribution < -0.4 is 10.6 Å². The molecule has 0 atom stereocenters. The Balaban J connectivity index is 2.33. The van der Waals surface area contributed by atoms with Gasteiger partial charge in [-0.2, -0.15) is 0 Å². The van der Waals surface area contributed by atoms with Crippen LogP contribution in [0.3, 0.4) is 0 Å². The highest BCUT2D eigenvalue weighted by Crippen LogP contribution is 2.15.